The molecule has 3 atom stereocenters. The van der Waals surface area contributed by atoms with Crippen molar-refractivity contribution in [1.82, 2.24) is 9.80 Å². The molecular formula is C16H31N3O. The molecule has 2 rings (SSSR count). The molecule has 1 saturated heterocycles. The van der Waals surface area contributed by atoms with Crippen molar-refractivity contribution in [2.24, 2.45) is 23.5 Å². The van der Waals surface area contributed by atoms with Gasteiger partial charge in [-0.15, -0.1) is 0 Å². The first kappa shape index (κ1) is 15.8. The van der Waals surface area contributed by atoms with Crippen molar-refractivity contribution in [3.63, 3.8) is 0 Å². The number of carbonyl (C=O) groups excluding carboxylic acids is 1. The average Bonchev–Trinajstić information content (AvgIpc) is 2.41. The Hall–Kier alpha value is -0.610. The fourth-order valence-electron chi connectivity index (χ4n) is 3.82. The molecule has 1 saturated carbocycles. The molecule has 1 aliphatic heterocycles. The molecule has 0 radical (unpaired) electrons. The van der Waals surface area contributed by atoms with Crippen molar-refractivity contribution in [2.75, 3.05) is 33.7 Å². The maximum absolute atomic E-state index is 12.7. The highest BCUT2D eigenvalue weighted by Gasteiger charge is 2.36. The molecule has 0 aromatic heterocycles. The van der Waals surface area contributed by atoms with E-state index in [1.165, 1.54) is 6.42 Å². The Kier molecular flexibility index (Phi) is 5.44. The van der Waals surface area contributed by atoms with Gasteiger partial charge in [0, 0.05) is 25.7 Å². The maximum Gasteiger partial charge on any atom is 0.227 e. The van der Waals surface area contributed by atoms with Gasteiger partial charge in [-0.25, -0.2) is 0 Å². The average molecular weight is 281 g/mol. The first-order chi connectivity index (χ1) is 9.49. The normalized spacial score (nSPS) is 32.6. The van der Waals surface area contributed by atoms with Crippen LogP contribution < -0.4 is 5.73 Å². The van der Waals surface area contributed by atoms with E-state index in [1.54, 1.807) is 0 Å². The molecule has 20 heavy (non-hydrogen) atoms. The molecule has 0 spiro atoms. The summed E-state index contributed by atoms with van der Waals surface area (Å²) < 4.78 is 0. The molecule has 2 fully saturated rings. The highest BCUT2D eigenvalue weighted by molar-refractivity contribution is 5.79. The predicted molar refractivity (Wildman–Crippen MR) is 82.3 cm³/mol. The Labute approximate surface area is 123 Å². The predicted octanol–water partition coefficient (Wildman–Crippen LogP) is 1.55. The first-order valence-corrected chi connectivity index (χ1v) is 8.18. The number of piperidine rings is 1. The third-order valence-electron chi connectivity index (χ3n) is 5.16. The van der Waals surface area contributed by atoms with Gasteiger partial charge in [0.1, 0.15) is 0 Å². The summed E-state index contributed by atoms with van der Waals surface area (Å²) in [5.41, 5.74) is 6.27. The number of hydrogen-bond acceptors (Lipinski definition) is 3. The molecule has 2 aliphatic rings. The van der Waals surface area contributed by atoms with Gasteiger partial charge < -0.3 is 15.5 Å². The second kappa shape index (κ2) is 6.90. The van der Waals surface area contributed by atoms with Crippen LogP contribution in [-0.4, -0.2) is 55.5 Å². The van der Waals surface area contributed by atoms with Gasteiger partial charge >= 0.3 is 0 Å². The Morgan fingerprint density at radius 2 is 1.85 bits per heavy atom. The third kappa shape index (κ3) is 3.73. The minimum atomic E-state index is 0.0655. The van der Waals surface area contributed by atoms with E-state index < -0.39 is 0 Å². The van der Waals surface area contributed by atoms with E-state index in [0.717, 1.165) is 51.2 Å². The summed E-state index contributed by atoms with van der Waals surface area (Å²) in [4.78, 5) is 17.0. The summed E-state index contributed by atoms with van der Waals surface area (Å²) in [7, 11) is 4.25. The van der Waals surface area contributed by atoms with Crippen LogP contribution in [0.2, 0.25) is 0 Å². The van der Waals surface area contributed by atoms with Crippen LogP contribution in [0.3, 0.4) is 0 Å². The monoisotopic (exact) mass is 281 g/mol. The van der Waals surface area contributed by atoms with Gasteiger partial charge in [0.25, 0.3) is 0 Å². The number of amides is 1. The lowest BCUT2D eigenvalue weighted by molar-refractivity contribution is -0.139. The molecule has 2 N–H and O–H groups in total. The zero-order valence-electron chi connectivity index (χ0n) is 13.3. The largest absolute Gasteiger partial charge is 0.342 e. The van der Waals surface area contributed by atoms with Crippen LogP contribution in [0.5, 0.6) is 0 Å². The van der Waals surface area contributed by atoms with Crippen LogP contribution in [0.25, 0.3) is 0 Å². The molecule has 4 heteroatoms. The van der Waals surface area contributed by atoms with Crippen LogP contribution in [0.4, 0.5) is 0 Å². The summed E-state index contributed by atoms with van der Waals surface area (Å²) in [6, 6.07) is 0.0655. The number of hydrogen-bond donors (Lipinski definition) is 1. The minimum Gasteiger partial charge on any atom is -0.342 e. The first-order valence-electron chi connectivity index (χ1n) is 8.18. The van der Waals surface area contributed by atoms with Gasteiger partial charge in [-0.05, 0) is 51.6 Å². The quantitative estimate of drug-likeness (QED) is 0.854. The SMILES string of the molecule is CC1CCCC(C(=O)N2CCC(CN(C)C)CC2)C1N. The summed E-state index contributed by atoms with van der Waals surface area (Å²) in [6.45, 7) is 5.18. The molecule has 1 aliphatic carbocycles. The fraction of sp³-hybridized carbons (Fsp3) is 0.938. The molecule has 0 aromatic rings. The van der Waals surface area contributed by atoms with Crippen molar-refractivity contribution in [3.8, 4) is 0 Å². The van der Waals surface area contributed by atoms with E-state index in [0.29, 0.717) is 11.8 Å². The molecule has 0 aromatic carbocycles. The lowest BCUT2D eigenvalue weighted by Gasteiger charge is -2.39. The standard InChI is InChI=1S/C16H31N3O/c1-12-5-4-6-14(15(12)17)16(20)19-9-7-13(8-10-19)11-18(2)3/h12-15H,4-11,17H2,1-3H3. The van der Waals surface area contributed by atoms with Crippen molar-refractivity contribution >= 4 is 5.91 Å². The number of nitrogens with zero attached hydrogens (tertiary/aromatic N) is 2. The summed E-state index contributed by atoms with van der Waals surface area (Å²) in [6.07, 6.45) is 5.60. The minimum absolute atomic E-state index is 0.0655. The van der Waals surface area contributed by atoms with Crippen LogP contribution in [0.15, 0.2) is 0 Å². The smallest absolute Gasteiger partial charge is 0.227 e. The molecule has 3 unspecified atom stereocenters. The summed E-state index contributed by atoms with van der Waals surface area (Å²) in [5.74, 6) is 1.63. The van der Waals surface area contributed by atoms with Gasteiger partial charge in [0.15, 0.2) is 0 Å². The number of rotatable bonds is 3. The van der Waals surface area contributed by atoms with E-state index in [1.807, 2.05) is 0 Å². The Morgan fingerprint density at radius 3 is 2.45 bits per heavy atom. The van der Waals surface area contributed by atoms with E-state index in [-0.39, 0.29) is 12.0 Å². The van der Waals surface area contributed by atoms with Crippen molar-refractivity contribution < 1.29 is 4.79 Å². The topological polar surface area (TPSA) is 49.6 Å². The van der Waals surface area contributed by atoms with Gasteiger partial charge in [0.05, 0.1) is 5.92 Å². The second-order valence-electron chi connectivity index (χ2n) is 7.12. The van der Waals surface area contributed by atoms with E-state index in [2.05, 4.69) is 30.8 Å². The Bertz CT molecular complexity index is 324. The molecule has 0 bridgehead atoms. The number of nitrogens with two attached hydrogens (primary N) is 1. The van der Waals surface area contributed by atoms with Gasteiger partial charge in [0.2, 0.25) is 5.91 Å². The molecule has 1 amide bonds. The third-order valence-corrected chi connectivity index (χ3v) is 5.16. The molecule has 4 nitrogen and oxygen atoms in total. The van der Waals surface area contributed by atoms with Crippen molar-refractivity contribution in [1.29, 1.82) is 0 Å². The highest BCUT2D eigenvalue weighted by atomic mass is 16.2. The zero-order chi connectivity index (χ0) is 14.7. The van der Waals surface area contributed by atoms with E-state index >= 15 is 0 Å². The van der Waals surface area contributed by atoms with E-state index in [9.17, 15) is 4.79 Å². The van der Waals surface area contributed by atoms with Gasteiger partial charge in [-0.2, -0.15) is 0 Å². The van der Waals surface area contributed by atoms with Gasteiger partial charge in [-0.1, -0.05) is 13.3 Å². The van der Waals surface area contributed by atoms with Crippen molar-refractivity contribution in [2.45, 2.75) is 45.1 Å². The Morgan fingerprint density at radius 1 is 1.20 bits per heavy atom. The summed E-state index contributed by atoms with van der Waals surface area (Å²) in [5, 5.41) is 0. The maximum atomic E-state index is 12.7. The second-order valence-corrected chi connectivity index (χ2v) is 7.12. The molecular weight excluding hydrogens is 250 g/mol. The fourth-order valence-corrected chi connectivity index (χ4v) is 3.82. The summed E-state index contributed by atoms with van der Waals surface area (Å²) >= 11 is 0. The van der Waals surface area contributed by atoms with Crippen LogP contribution >= 0.6 is 0 Å². The van der Waals surface area contributed by atoms with E-state index in [4.69, 9.17) is 5.73 Å². The van der Waals surface area contributed by atoms with Crippen LogP contribution in [0, 0.1) is 17.8 Å². The lowest BCUT2D eigenvalue weighted by Crippen LogP contribution is -2.51. The number of carbonyl (C=O) groups is 1. The van der Waals surface area contributed by atoms with Crippen molar-refractivity contribution in [3.05, 3.63) is 0 Å². The van der Waals surface area contributed by atoms with Gasteiger partial charge in [-0.3, -0.25) is 4.79 Å². The molecule has 1 heterocycles. The van der Waals surface area contributed by atoms with Crippen LogP contribution in [0.1, 0.15) is 39.0 Å². The Balaban J connectivity index is 1.85. The lowest BCUT2D eigenvalue weighted by atomic mass is 9.77. The molecule has 116 valence electrons. The highest BCUT2D eigenvalue weighted by Crippen LogP contribution is 2.30. The zero-order valence-corrected chi connectivity index (χ0v) is 13.3. The number of likely N-dealkylation sites (tertiary alicyclic amines) is 1. The van der Waals surface area contributed by atoms with Crippen LogP contribution in [-0.2, 0) is 4.79 Å².